The molecule has 1 aromatic rings. The fourth-order valence-corrected chi connectivity index (χ4v) is 1.53. The lowest BCUT2D eigenvalue weighted by atomic mass is 10.3. The molecule has 6 heteroatoms. The number of hydrogen-bond acceptors (Lipinski definition) is 5. The average molecular weight is 237 g/mol. The molecule has 0 saturated heterocycles. The van der Waals surface area contributed by atoms with Crippen molar-refractivity contribution in [2.45, 2.75) is 20.3 Å². The predicted octanol–water partition coefficient (Wildman–Crippen LogP) is 0.278. The number of aliphatic hydroxyl groups excluding tert-OH is 1. The van der Waals surface area contributed by atoms with Gasteiger partial charge in [-0.15, -0.1) is 0 Å². The van der Waals surface area contributed by atoms with E-state index in [1.54, 1.807) is 6.07 Å². The minimum atomic E-state index is -0.0720. The third kappa shape index (κ3) is 3.67. The van der Waals surface area contributed by atoms with Gasteiger partial charge in [-0.3, -0.25) is 5.41 Å². The Balaban J connectivity index is 3.04. The number of anilines is 1. The summed E-state index contributed by atoms with van der Waals surface area (Å²) in [6.45, 7) is 5.18. The third-order valence-corrected chi connectivity index (χ3v) is 2.26. The van der Waals surface area contributed by atoms with Gasteiger partial charge in [0.1, 0.15) is 11.5 Å². The van der Waals surface area contributed by atoms with E-state index in [1.807, 2.05) is 18.7 Å². The normalized spacial score (nSPS) is 10.3. The van der Waals surface area contributed by atoms with Gasteiger partial charge in [-0.25, -0.2) is 9.97 Å². The summed E-state index contributed by atoms with van der Waals surface area (Å²) < 4.78 is 0. The monoisotopic (exact) mass is 237 g/mol. The maximum absolute atomic E-state index is 9.01. The second-order valence-electron chi connectivity index (χ2n) is 3.82. The highest BCUT2D eigenvalue weighted by Crippen LogP contribution is 2.10. The first-order valence-electron chi connectivity index (χ1n) is 5.64. The first-order chi connectivity index (χ1) is 8.08. The van der Waals surface area contributed by atoms with Gasteiger partial charge in [-0.1, -0.05) is 6.92 Å². The van der Waals surface area contributed by atoms with E-state index < -0.39 is 0 Å². The molecule has 0 saturated carbocycles. The van der Waals surface area contributed by atoms with Crippen molar-refractivity contribution in [3.63, 3.8) is 0 Å². The molecule has 0 aliphatic rings. The number of aromatic nitrogens is 2. The minimum Gasteiger partial charge on any atom is -0.395 e. The summed E-state index contributed by atoms with van der Waals surface area (Å²) in [5.41, 5.74) is 6.61. The van der Waals surface area contributed by atoms with Crippen LogP contribution in [0, 0.1) is 12.3 Å². The molecule has 0 radical (unpaired) electrons. The summed E-state index contributed by atoms with van der Waals surface area (Å²) >= 11 is 0. The number of hydrogen-bond donors (Lipinski definition) is 3. The van der Waals surface area contributed by atoms with Crippen molar-refractivity contribution in [1.82, 2.24) is 9.97 Å². The zero-order valence-corrected chi connectivity index (χ0v) is 10.3. The second kappa shape index (κ2) is 6.15. The lowest BCUT2D eigenvalue weighted by Crippen LogP contribution is -2.30. The molecule has 1 rings (SSSR count). The van der Waals surface area contributed by atoms with Crippen LogP contribution < -0.4 is 10.6 Å². The largest absolute Gasteiger partial charge is 0.395 e. The molecule has 0 aliphatic heterocycles. The number of amidine groups is 1. The van der Waals surface area contributed by atoms with Crippen LogP contribution in [0.4, 0.5) is 5.95 Å². The lowest BCUT2D eigenvalue weighted by Gasteiger charge is -2.21. The Kier molecular flexibility index (Phi) is 4.84. The highest BCUT2D eigenvalue weighted by atomic mass is 16.3. The highest BCUT2D eigenvalue weighted by molar-refractivity contribution is 5.93. The molecule has 0 aromatic carbocycles. The van der Waals surface area contributed by atoms with Crippen LogP contribution in [0.5, 0.6) is 0 Å². The Bertz CT molecular complexity index is 387. The number of aliphatic hydroxyl groups is 1. The molecular weight excluding hydrogens is 218 g/mol. The maximum atomic E-state index is 9.01. The van der Waals surface area contributed by atoms with E-state index in [1.165, 1.54) is 0 Å². The van der Waals surface area contributed by atoms with Crippen molar-refractivity contribution in [1.29, 1.82) is 5.41 Å². The van der Waals surface area contributed by atoms with Gasteiger partial charge in [-0.2, -0.15) is 0 Å². The van der Waals surface area contributed by atoms with E-state index in [0.717, 1.165) is 18.7 Å². The molecule has 94 valence electrons. The second-order valence-corrected chi connectivity index (χ2v) is 3.82. The fourth-order valence-electron chi connectivity index (χ4n) is 1.53. The van der Waals surface area contributed by atoms with Crippen LogP contribution in [0.15, 0.2) is 6.07 Å². The third-order valence-electron chi connectivity index (χ3n) is 2.26. The number of nitrogens with zero attached hydrogens (tertiary/aromatic N) is 3. The molecule has 0 aliphatic carbocycles. The Hall–Kier alpha value is -1.69. The quantitative estimate of drug-likeness (QED) is 0.487. The summed E-state index contributed by atoms with van der Waals surface area (Å²) in [7, 11) is 0. The van der Waals surface area contributed by atoms with E-state index in [2.05, 4.69) is 9.97 Å². The first-order valence-corrected chi connectivity index (χ1v) is 5.64. The number of aryl methyl sites for hydroxylation is 1. The van der Waals surface area contributed by atoms with Crippen molar-refractivity contribution in [2.24, 2.45) is 5.73 Å². The number of rotatable bonds is 6. The van der Waals surface area contributed by atoms with Gasteiger partial charge >= 0.3 is 0 Å². The standard InChI is InChI=1S/C11H19N5O/c1-3-4-16(5-6-17)11-14-8(2)7-9(15-11)10(12)13/h7,17H,3-6H2,1-2H3,(H3,12,13). The Morgan fingerprint density at radius 3 is 2.71 bits per heavy atom. The van der Waals surface area contributed by atoms with Gasteiger partial charge in [-0.05, 0) is 19.4 Å². The van der Waals surface area contributed by atoms with E-state index in [9.17, 15) is 0 Å². The molecule has 1 heterocycles. The molecule has 0 spiro atoms. The smallest absolute Gasteiger partial charge is 0.226 e. The summed E-state index contributed by atoms with van der Waals surface area (Å²) in [6, 6.07) is 1.68. The van der Waals surface area contributed by atoms with Gasteiger partial charge in [0.05, 0.1) is 6.61 Å². The van der Waals surface area contributed by atoms with Gasteiger partial charge in [0.15, 0.2) is 0 Å². The van der Waals surface area contributed by atoms with Crippen molar-refractivity contribution in [3.05, 3.63) is 17.5 Å². The van der Waals surface area contributed by atoms with Gasteiger partial charge in [0.2, 0.25) is 5.95 Å². The molecule has 0 atom stereocenters. The summed E-state index contributed by atoms with van der Waals surface area (Å²) in [4.78, 5) is 10.4. The minimum absolute atomic E-state index is 0.0483. The summed E-state index contributed by atoms with van der Waals surface area (Å²) in [5, 5.41) is 16.4. The molecule has 0 bridgehead atoms. The van der Waals surface area contributed by atoms with Crippen LogP contribution in [0.25, 0.3) is 0 Å². The van der Waals surface area contributed by atoms with Crippen molar-refractivity contribution >= 4 is 11.8 Å². The molecule has 0 amide bonds. The zero-order valence-electron chi connectivity index (χ0n) is 10.3. The Labute approximate surface area is 101 Å². The van der Waals surface area contributed by atoms with Crippen LogP contribution in [-0.4, -0.2) is 40.6 Å². The fraction of sp³-hybridized carbons (Fsp3) is 0.545. The summed E-state index contributed by atoms with van der Waals surface area (Å²) in [6.07, 6.45) is 0.937. The van der Waals surface area contributed by atoms with Crippen molar-refractivity contribution < 1.29 is 5.11 Å². The molecule has 6 nitrogen and oxygen atoms in total. The van der Waals surface area contributed by atoms with Gasteiger partial charge in [0.25, 0.3) is 0 Å². The van der Waals surface area contributed by atoms with Crippen molar-refractivity contribution in [2.75, 3.05) is 24.6 Å². The van der Waals surface area contributed by atoms with Crippen LogP contribution in [0.1, 0.15) is 24.7 Å². The van der Waals surface area contributed by atoms with E-state index in [0.29, 0.717) is 18.2 Å². The SMILES string of the molecule is CCCN(CCO)c1nc(C)cc(C(=N)N)n1. The Morgan fingerprint density at radius 1 is 1.47 bits per heavy atom. The molecule has 0 unspecified atom stereocenters. The van der Waals surface area contributed by atoms with Gasteiger partial charge < -0.3 is 15.7 Å². The van der Waals surface area contributed by atoms with Gasteiger partial charge in [0, 0.05) is 18.8 Å². The van der Waals surface area contributed by atoms with E-state index >= 15 is 0 Å². The van der Waals surface area contributed by atoms with Crippen LogP contribution >= 0.6 is 0 Å². The van der Waals surface area contributed by atoms with E-state index in [4.69, 9.17) is 16.2 Å². The number of nitrogen functional groups attached to an aromatic ring is 1. The molecular formula is C11H19N5O. The average Bonchev–Trinajstić information content (AvgIpc) is 2.28. The zero-order chi connectivity index (χ0) is 12.8. The summed E-state index contributed by atoms with van der Waals surface area (Å²) in [5.74, 6) is 0.447. The highest BCUT2D eigenvalue weighted by Gasteiger charge is 2.11. The maximum Gasteiger partial charge on any atom is 0.226 e. The molecule has 4 N–H and O–H groups in total. The lowest BCUT2D eigenvalue weighted by molar-refractivity contribution is 0.301. The molecule has 0 fully saturated rings. The number of nitrogens with two attached hydrogens (primary N) is 1. The topological polar surface area (TPSA) is 99.1 Å². The van der Waals surface area contributed by atoms with Crippen LogP contribution in [-0.2, 0) is 0 Å². The molecule has 1 aromatic heterocycles. The van der Waals surface area contributed by atoms with E-state index in [-0.39, 0.29) is 12.4 Å². The van der Waals surface area contributed by atoms with Crippen molar-refractivity contribution in [3.8, 4) is 0 Å². The first kappa shape index (κ1) is 13.4. The van der Waals surface area contributed by atoms with Crippen LogP contribution in [0.2, 0.25) is 0 Å². The van der Waals surface area contributed by atoms with Crippen LogP contribution in [0.3, 0.4) is 0 Å². The predicted molar refractivity (Wildman–Crippen MR) is 67.4 cm³/mol. The number of nitrogens with one attached hydrogen (secondary N) is 1. The molecule has 17 heavy (non-hydrogen) atoms. The Morgan fingerprint density at radius 2 is 2.18 bits per heavy atom.